The van der Waals surface area contributed by atoms with Crippen LogP contribution in [0.3, 0.4) is 0 Å². The van der Waals surface area contributed by atoms with E-state index in [1.165, 1.54) is 22.3 Å². The van der Waals surface area contributed by atoms with E-state index in [1.807, 2.05) is 20.8 Å². The fourth-order valence-electron chi connectivity index (χ4n) is 4.00. The number of benzene rings is 1. The molecule has 0 aromatic heterocycles. The van der Waals surface area contributed by atoms with Gasteiger partial charge in [-0.25, -0.2) is 0 Å². The van der Waals surface area contributed by atoms with Crippen molar-refractivity contribution in [1.29, 1.82) is 0 Å². The third kappa shape index (κ3) is 10.9. The van der Waals surface area contributed by atoms with Gasteiger partial charge in [0.2, 0.25) is 0 Å². The maximum atomic E-state index is 6.09. The number of rotatable bonds is 8. The fourth-order valence-corrected chi connectivity index (χ4v) is 4.00. The molecule has 0 bridgehead atoms. The van der Waals surface area contributed by atoms with Crippen molar-refractivity contribution in [2.24, 2.45) is 5.92 Å². The molecule has 0 saturated carbocycles. The van der Waals surface area contributed by atoms with Gasteiger partial charge in [-0.05, 0) is 90.2 Å². The summed E-state index contributed by atoms with van der Waals surface area (Å²) in [6.45, 7) is 24.2. The van der Waals surface area contributed by atoms with E-state index in [9.17, 15) is 0 Å². The minimum Gasteiger partial charge on any atom is -0.403 e. The zero-order valence-corrected chi connectivity index (χ0v) is 25.2. The van der Waals surface area contributed by atoms with Gasteiger partial charge < -0.3 is 14.2 Å². The number of likely N-dealkylation sites (N-methyl/N-ethyl adjacent to an activating group) is 1. The second kappa shape index (κ2) is 16.2. The monoisotopic (exact) mass is 483 g/mol. The van der Waals surface area contributed by atoms with E-state index in [2.05, 4.69) is 123 Å². The van der Waals surface area contributed by atoms with Crippen LogP contribution in [0.15, 0.2) is 53.6 Å². The molecule has 0 unspecified atom stereocenters. The molecule has 0 aliphatic carbocycles. The van der Waals surface area contributed by atoms with Crippen LogP contribution in [-0.2, 0) is 15.7 Å². The minimum absolute atomic E-state index is 0.160. The Bertz CT molecular complexity index is 803. The van der Waals surface area contributed by atoms with Gasteiger partial charge in [-0.2, -0.15) is 0 Å². The van der Waals surface area contributed by atoms with Crippen molar-refractivity contribution in [3.8, 4) is 0 Å². The van der Waals surface area contributed by atoms with E-state index in [0.717, 1.165) is 19.3 Å². The summed E-state index contributed by atoms with van der Waals surface area (Å²) in [4.78, 5) is 2.21. The number of nitrogens with zero attached hydrogens (tertiary/aromatic N) is 1. The van der Waals surface area contributed by atoms with Gasteiger partial charge in [-0.15, -0.1) is 0 Å². The molecule has 0 N–H and O–H groups in total. The molecule has 0 spiro atoms. The van der Waals surface area contributed by atoms with Crippen LogP contribution in [0.1, 0.15) is 87.3 Å². The van der Waals surface area contributed by atoms with E-state index in [1.54, 1.807) is 0 Å². The molecule has 1 aromatic carbocycles. The average molecular weight is 484 g/mol. The summed E-state index contributed by atoms with van der Waals surface area (Å²) in [5.41, 5.74) is 5.04. The summed E-state index contributed by atoms with van der Waals surface area (Å²) >= 11 is 0. The van der Waals surface area contributed by atoms with Gasteiger partial charge in [0.05, 0.1) is 11.2 Å². The van der Waals surface area contributed by atoms with Crippen LogP contribution in [0.4, 0.5) is 0 Å². The predicted octanol–water partition coefficient (Wildman–Crippen LogP) is 8.48. The second-order valence-electron chi connectivity index (χ2n) is 10.3. The van der Waals surface area contributed by atoms with Gasteiger partial charge in [0, 0.05) is 12.9 Å². The molecule has 1 aromatic rings. The molecule has 1 heterocycles. The van der Waals surface area contributed by atoms with Crippen LogP contribution in [0.2, 0.25) is 6.32 Å². The molecular weight excluding hydrogens is 429 g/mol. The molecular formula is C31H54BNO2. The lowest BCUT2D eigenvalue weighted by atomic mass is 9.82. The standard InChI is InChI=1S/C18H34BNO2.C11H14.C2H6/c1-10-16(14(2)3)15(13-20(8)9)11-12-19-21-17(4,5)18(6,7)22-19;1-3-7-11-9-6-5-8-10(11)4-2;1-2/h10-11,14H,12-13H2,1-9H3;3,5-9H,4H2,1-2H3;1-2H3/b15-11-,16-10-;7-3-;. The highest BCUT2D eigenvalue weighted by Gasteiger charge is 2.50. The summed E-state index contributed by atoms with van der Waals surface area (Å²) < 4.78 is 12.2. The molecule has 1 aliphatic rings. The zero-order valence-electron chi connectivity index (χ0n) is 25.2. The van der Waals surface area contributed by atoms with Gasteiger partial charge in [-0.3, -0.25) is 0 Å². The Kier molecular flexibility index (Phi) is 15.4. The fraction of sp³-hybridized carbons (Fsp3) is 0.613. The topological polar surface area (TPSA) is 21.7 Å². The summed E-state index contributed by atoms with van der Waals surface area (Å²) in [7, 11) is 4.05. The van der Waals surface area contributed by atoms with Crippen LogP contribution in [-0.4, -0.2) is 43.9 Å². The molecule has 3 nitrogen and oxygen atoms in total. The molecule has 35 heavy (non-hydrogen) atoms. The molecule has 198 valence electrons. The smallest absolute Gasteiger partial charge is 0.403 e. The van der Waals surface area contributed by atoms with Crippen molar-refractivity contribution in [2.75, 3.05) is 20.6 Å². The first kappa shape index (κ1) is 33.4. The first-order valence-corrected chi connectivity index (χ1v) is 13.4. The summed E-state index contributed by atoms with van der Waals surface area (Å²) in [6.07, 6.45) is 10.6. The Morgan fingerprint density at radius 3 is 1.97 bits per heavy atom. The largest absolute Gasteiger partial charge is 0.461 e. The van der Waals surface area contributed by atoms with Crippen molar-refractivity contribution >= 4 is 13.2 Å². The van der Waals surface area contributed by atoms with Crippen LogP contribution >= 0.6 is 0 Å². The third-order valence-electron chi connectivity index (χ3n) is 6.43. The quantitative estimate of drug-likeness (QED) is 0.273. The molecule has 2 rings (SSSR count). The lowest BCUT2D eigenvalue weighted by molar-refractivity contribution is 0.00578. The van der Waals surface area contributed by atoms with Gasteiger partial charge in [0.1, 0.15) is 0 Å². The molecule has 0 radical (unpaired) electrons. The second-order valence-corrected chi connectivity index (χ2v) is 10.3. The number of allylic oxidation sites excluding steroid dienone is 3. The van der Waals surface area contributed by atoms with E-state index in [4.69, 9.17) is 9.31 Å². The van der Waals surface area contributed by atoms with Crippen LogP contribution in [0.25, 0.3) is 6.08 Å². The normalized spacial score (nSPS) is 17.4. The highest BCUT2D eigenvalue weighted by molar-refractivity contribution is 6.46. The van der Waals surface area contributed by atoms with E-state index in [-0.39, 0.29) is 18.3 Å². The Hall–Kier alpha value is -1.62. The highest BCUT2D eigenvalue weighted by Crippen LogP contribution is 2.38. The Morgan fingerprint density at radius 2 is 1.54 bits per heavy atom. The molecule has 1 aliphatic heterocycles. The Labute approximate surface area is 218 Å². The van der Waals surface area contributed by atoms with Crippen molar-refractivity contribution in [1.82, 2.24) is 4.90 Å². The van der Waals surface area contributed by atoms with Gasteiger partial charge in [0.25, 0.3) is 0 Å². The molecule has 0 amide bonds. The molecule has 1 fully saturated rings. The van der Waals surface area contributed by atoms with Gasteiger partial charge >= 0.3 is 7.12 Å². The minimum atomic E-state index is -0.255. The van der Waals surface area contributed by atoms with Crippen molar-refractivity contribution in [3.05, 3.63) is 64.8 Å². The summed E-state index contributed by atoms with van der Waals surface area (Å²) in [6, 6.07) is 8.49. The SMILES string of the molecule is C/C=C(\C(=C/CB1OC(C)(C)C(C)(C)O1)CN(C)C)C(C)C.C/C=C\c1ccccc1CC.CC. The number of hydrogen-bond acceptors (Lipinski definition) is 3. The predicted molar refractivity (Wildman–Crippen MR) is 158 cm³/mol. The number of hydrogen-bond donors (Lipinski definition) is 0. The Balaban J connectivity index is 0.000000742. The van der Waals surface area contributed by atoms with Gasteiger partial charge in [0.15, 0.2) is 0 Å². The highest BCUT2D eigenvalue weighted by atomic mass is 16.7. The van der Waals surface area contributed by atoms with E-state index in [0.29, 0.717) is 5.92 Å². The van der Waals surface area contributed by atoms with Crippen LogP contribution < -0.4 is 0 Å². The number of aryl methyl sites for hydroxylation is 1. The first-order chi connectivity index (χ1) is 16.4. The van der Waals surface area contributed by atoms with E-state index < -0.39 is 0 Å². The molecule has 1 saturated heterocycles. The first-order valence-electron chi connectivity index (χ1n) is 13.4. The summed E-state index contributed by atoms with van der Waals surface area (Å²) in [5.74, 6) is 0.523. The lowest BCUT2D eigenvalue weighted by Crippen LogP contribution is -2.41. The Morgan fingerprint density at radius 1 is 1.00 bits per heavy atom. The van der Waals surface area contributed by atoms with Crippen LogP contribution in [0, 0.1) is 5.92 Å². The van der Waals surface area contributed by atoms with Crippen molar-refractivity contribution < 1.29 is 9.31 Å². The molecule has 0 atom stereocenters. The van der Waals surface area contributed by atoms with Gasteiger partial charge in [-0.1, -0.05) is 83.2 Å². The maximum Gasteiger partial charge on any atom is 0.461 e. The average Bonchev–Trinajstić information content (AvgIpc) is 3.00. The lowest BCUT2D eigenvalue weighted by Gasteiger charge is -2.32. The zero-order chi connectivity index (χ0) is 27.2. The molecule has 4 heteroatoms. The van der Waals surface area contributed by atoms with Crippen molar-refractivity contribution in [3.63, 3.8) is 0 Å². The van der Waals surface area contributed by atoms with Crippen LogP contribution in [0.5, 0.6) is 0 Å². The van der Waals surface area contributed by atoms with E-state index >= 15 is 0 Å². The maximum absolute atomic E-state index is 6.09. The summed E-state index contributed by atoms with van der Waals surface area (Å²) in [5, 5.41) is 0. The third-order valence-corrected chi connectivity index (χ3v) is 6.43. The van der Waals surface area contributed by atoms with Crippen molar-refractivity contribution in [2.45, 2.75) is 100 Å².